The zero-order valence-electron chi connectivity index (χ0n) is 12.2. The predicted molar refractivity (Wildman–Crippen MR) is 84.0 cm³/mol. The highest BCUT2D eigenvalue weighted by Gasteiger charge is 2.23. The fourth-order valence-corrected chi connectivity index (χ4v) is 2.47. The third-order valence-electron chi connectivity index (χ3n) is 2.67. The highest BCUT2D eigenvalue weighted by Crippen LogP contribution is 2.41. The number of carbonyl (C=O) groups is 1. The van der Waals surface area contributed by atoms with E-state index in [1.54, 1.807) is 30.3 Å². The summed E-state index contributed by atoms with van der Waals surface area (Å²) in [5, 5.41) is 12.6. The van der Waals surface area contributed by atoms with Crippen LogP contribution in [0.25, 0.3) is 0 Å². The molecule has 0 bridgehead atoms. The van der Waals surface area contributed by atoms with Gasteiger partial charge in [-0.3, -0.25) is 10.1 Å². The molecule has 2 aromatic rings. The summed E-state index contributed by atoms with van der Waals surface area (Å²) in [5.41, 5.74) is -0.181. The molecule has 1 atom stereocenters. The third-order valence-corrected chi connectivity index (χ3v) is 3.73. The molecule has 1 unspecified atom stereocenters. The van der Waals surface area contributed by atoms with Gasteiger partial charge >= 0.3 is 13.7 Å². The second-order valence-corrected chi connectivity index (χ2v) is 6.29. The molecule has 1 amide bonds. The number of nitrogens with zero attached hydrogens (tertiary/aromatic N) is 1. The minimum Gasteiger partial charge on any atom is -0.423 e. The molecule has 126 valence electrons. The van der Waals surface area contributed by atoms with Gasteiger partial charge < -0.3 is 19.5 Å². The van der Waals surface area contributed by atoms with Crippen molar-refractivity contribution in [2.24, 2.45) is 0 Å². The summed E-state index contributed by atoms with van der Waals surface area (Å²) in [6.45, 7) is 0. The lowest BCUT2D eigenvalue weighted by atomic mass is 10.3. The Hall–Kier alpha value is -2.90. The number of hydrogen-bond acceptors (Lipinski definition) is 6. The summed E-state index contributed by atoms with van der Waals surface area (Å²) < 4.78 is 21.6. The smallest absolute Gasteiger partial charge is 0.413 e. The van der Waals surface area contributed by atoms with Crippen LogP contribution in [0.4, 0.5) is 10.5 Å². The molecule has 2 aromatic carbocycles. The molecule has 0 saturated carbocycles. The Labute approximate surface area is 136 Å². The summed E-state index contributed by atoms with van der Waals surface area (Å²) in [6.07, 6.45) is -1.60. The lowest BCUT2D eigenvalue weighted by Crippen LogP contribution is -2.28. The number of benzene rings is 2. The van der Waals surface area contributed by atoms with E-state index in [1.165, 1.54) is 12.1 Å². The third kappa shape index (κ3) is 5.38. The van der Waals surface area contributed by atoms with Gasteiger partial charge in [-0.25, -0.2) is 9.36 Å². The largest absolute Gasteiger partial charge is 0.423 e. The molecule has 0 fully saturated rings. The first kappa shape index (κ1) is 17.5. The number of amides is 1. The Morgan fingerprint density at radius 3 is 2.33 bits per heavy atom. The first-order valence-electron chi connectivity index (χ1n) is 6.62. The zero-order chi connectivity index (χ0) is 17.6. The quantitative estimate of drug-likeness (QED) is 0.465. The molecule has 0 saturated heterocycles. The van der Waals surface area contributed by atoms with Crippen LogP contribution in [0.15, 0.2) is 54.6 Å². The molecule has 24 heavy (non-hydrogen) atoms. The Morgan fingerprint density at radius 1 is 1.12 bits per heavy atom. The molecule has 0 spiro atoms. The summed E-state index contributed by atoms with van der Waals surface area (Å²) in [7, 11) is -4.19. The summed E-state index contributed by atoms with van der Waals surface area (Å²) in [4.78, 5) is 31.1. The van der Waals surface area contributed by atoms with Gasteiger partial charge in [0.25, 0.3) is 5.69 Å². The first-order valence-corrected chi connectivity index (χ1v) is 8.38. The average molecular weight is 352 g/mol. The highest BCUT2D eigenvalue weighted by molar-refractivity contribution is 7.53. The van der Waals surface area contributed by atoms with Crippen LogP contribution in [0.2, 0.25) is 0 Å². The van der Waals surface area contributed by atoms with Gasteiger partial charge in [0.05, 0.1) is 4.92 Å². The Balaban J connectivity index is 1.87. The van der Waals surface area contributed by atoms with Crippen LogP contribution in [0.5, 0.6) is 11.5 Å². The number of hydrogen-bond donors (Lipinski definition) is 2. The highest BCUT2D eigenvalue weighted by atomic mass is 31.2. The van der Waals surface area contributed by atoms with Crippen molar-refractivity contribution in [2.45, 2.75) is 0 Å². The number of carbonyl (C=O) groups excluding carboxylic acids is 1. The maximum atomic E-state index is 11.9. The van der Waals surface area contributed by atoms with Crippen molar-refractivity contribution < 1.29 is 28.4 Å². The molecular weight excluding hydrogens is 339 g/mol. The molecule has 0 radical (unpaired) electrons. The van der Waals surface area contributed by atoms with Gasteiger partial charge in [-0.15, -0.1) is 0 Å². The molecule has 0 aliphatic carbocycles. The maximum Gasteiger partial charge on any atom is 0.413 e. The van der Waals surface area contributed by atoms with E-state index in [2.05, 4.69) is 5.32 Å². The Bertz CT molecular complexity index is 764. The summed E-state index contributed by atoms with van der Waals surface area (Å²) in [6, 6.07) is 12.8. The van der Waals surface area contributed by atoms with E-state index in [1.807, 2.05) is 0 Å². The number of nitrogens with one attached hydrogen (secondary N) is 1. The normalized spacial score (nSPS) is 12.7. The van der Waals surface area contributed by atoms with E-state index in [-0.39, 0.29) is 17.2 Å². The van der Waals surface area contributed by atoms with Crippen molar-refractivity contribution in [3.05, 3.63) is 64.7 Å². The molecule has 0 aromatic heterocycles. The van der Waals surface area contributed by atoms with E-state index in [4.69, 9.17) is 9.26 Å². The topological polar surface area (TPSA) is 128 Å². The predicted octanol–water partition coefficient (Wildman–Crippen LogP) is 2.91. The average Bonchev–Trinajstić information content (AvgIpc) is 2.54. The molecule has 9 nitrogen and oxygen atoms in total. The number of ether oxygens (including phenoxy) is 1. The van der Waals surface area contributed by atoms with Crippen molar-refractivity contribution >= 4 is 19.4 Å². The van der Waals surface area contributed by atoms with Gasteiger partial charge in [-0.1, -0.05) is 18.2 Å². The number of para-hydroxylation sites is 1. The SMILES string of the molecule is O=C(NCP(=O)(O)Oc1ccc([N+](=O)[O-])cc1)Oc1ccccc1. The molecule has 0 aliphatic heterocycles. The van der Waals surface area contributed by atoms with Gasteiger partial charge in [0.15, 0.2) is 0 Å². The van der Waals surface area contributed by atoms with Crippen LogP contribution in [0, 0.1) is 10.1 Å². The second-order valence-electron chi connectivity index (χ2n) is 4.52. The van der Waals surface area contributed by atoms with E-state index >= 15 is 0 Å². The van der Waals surface area contributed by atoms with E-state index in [0.717, 1.165) is 12.1 Å². The monoisotopic (exact) mass is 352 g/mol. The molecular formula is C14H13N2O7P. The number of non-ortho nitro benzene ring substituents is 1. The Morgan fingerprint density at radius 2 is 1.75 bits per heavy atom. The van der Waals surface area contributed by atoms with Crippen LogP contribution in [-0.4, -0.2) is 22.2 Å². The van der Waals surface area contributed by atoms with E-state index < -0.39 is 24.9 Å². The fourth-order valence-electron chi connectivity index (χ4n) is 1.62. The maximum absolute atomic E-state index is 11.9. The van der Waals surface area contributed by atoms with Gasteiger partial charge in [0.2, 0.25) is 0 Å². The molecule has 2 rings (SSSR count). The van der Waals surface area contributed by atoms with Gasteiger partial charge in [0, 0.05) is 12.1 Å². The zero-order valence-corrected chi connectivity index (χ0v) is 13.1. The van der Waals surface area contributed by atoms with Crippen molar-refractivity contribution in [3.63, 3.8) is 0 Å². The van der Waals surface area contributed by atoms with Crippen molar-refractivity contribution in [2.75, 3.05) is 6.29 Å². The number of rotatable bonds is 6. The van der Waals surface area contributed by atoms with Crippen LogP contribution >= 0.6 is 7.60 Å². The lowest BCUT2D eigenvalue weighted by molar-refractivity contribution is -0.384. The van der Waals surface area contributed by atoms with Crippen LogP contribution in [0.1, 0.15) is 0 Å². The molecule has 2 N–H and O–H groups in total. The van der Waals surface area contributed by atoms with Crippen molar-refractivity contribution in [3.8, 4) is 11.5 Å². The van der Waals surface area contributed by atoms with E-state index in [9.17, 15) is 24.4 Å². The first-order chi connectivity index (χ1) is 11.4. The van der Waals surface area contributed by atoms with Crippen LogP contribution < -0.4 is 14.6 Å². The van der Waals surface area contributed by atoms with Crippen molar-refractivity contribution in [1.82, 2.24) is 5.32 Å². The lowest BCUT2D eigenvalue weighted by Gasteiger charge is -2.14. The minimum absolute atomic E-state index is 0.0374. The van der Waals surface area contributed by atoms with Crippen LogP contribution in [-0.2, 0) is 4.57 Å². The Kier molecular flexibility index (Phi) is 5.51. The van der Waals surface area contributed by atoms with Gasteiger partial charge in [-0.05, 0) is 24.3 Å². The molecule has 0 heterocycles. The number of nitro groups is 1. The second kappa shape index (κ2) is 7.58. The molecule has 0 aliphatic rings. The minimum atomic E-state index is -4.19. The van der Waals surface area contributed by atoms with Crippen LogP contribution in [0.3, 0.4) is 0 Å². The standard InChI is InChI=1S/C14H13N2O7P/c17-14(22-12-4-2-1-3-5-12)15-10-24(20,21)23-13-8-6-11(7-9-13)16(18)19/h1-9H,10H2,(H,15,17)(H,20,21). The van der Waals surface area contributed by atoms with Gasteiger partial charge in [0.1, 0.15) is 17.8 Å². The summed E-state index contributed by atoms with van der Waals surface area (Å²) in [5.74, 6) is 0.240. The van der Waals surface area contributed by atoms with Crippen molar-refractivity contribution in [1.29, 1.82) is 0 Å². The fraction of sp³-hybridized carbons (Fsp3) is 0.0714. The molecule has 10 heteroatoms. The van der Waals surface area contributed by atoms with Gasteiger partial charge in [-0.2, -0.15) is 0 Å². The van der Waals surface area contributed by atoms with E-state index in [0.29, 0.717) is 0 Å². The number of nitro benzene ring substituents is 1. The summed E-state index contributed by atoms with van der Waals surface area (Å²) >= 11 is 0.